The minimum atomic E-state index is 0.782. The van der Waals surface area contributed by atoms with Crippen molar-refractivity contribution in [2.24, 2.45) is 0 Å². The lowest BCUT2D eigenvalue weighted by Crippen LogP contribution is -2.29. The molecule has 0 aliphatic rings. The van der Waals surface area contributed by atoms with Crippen molar-refractivity contribution in [2.75, 3.05) is 31.1 Å². The van der Waals surface area contributed by atoms with Gasteiger partial charge in [0.1, 0.15) is 0 Å². The molecule has 0 saturated heterocycles. The second-order valence-electron chi connectivity index (χ2n) is 4.01. The van der Waals surface area contributed by atoms with Crippen LogP contribution in [0.1, 0.15) is 20.3 Å². The van der Waals surface area contributed by atoms with E-state index in [9.17, 15) is 4.79 Å². The van der Waals surface area contributed by atoms with Gasteiger partial charge in [0.05, 0.1) is 0 Å². The van der Waals surface area contributed by atoms with Gasteiger partial charge in [0.2, 0.25) is 6.41 Å². The second-order valence-corrected chi connectivity index (χ2v) is 4.01. The van der Waals surface area contributed by atoms with Crippen LogP contribution in [-0.4, -0.2) is 37.5 Å². The largest absolute Gasteiger partial charge is 0.315 e. The molecule has 0 fully saturated rings. The van der Waals surface area contributed by atoms with Gasteiger partial charge >= 0.3 is 0 Å². The van der Waals surface area contributed by atoms with Gasteiger partial charge in [-0.05, 0) is 38.2 Å². The molecule has 94 valence electrons. The van der Waals surface area contributed by atoms with Crippen LogP contribution in [0.15, 0.2) is 30.3 Å². The third-order valence-electron chi connectivity index (χ3n) is 2.98. The first-order valence-electron chi connectivity index (χ1n) is 6.31. The highest BCUT2D eigenvalue weighted by Gasteiger charge is 2.05. The highest BCUT2D eigenvalue weighted by atomic mass is 16.1. The molecule has 0 bridgehead atoms. The molecule has 0 aliphatic heterocycles. The number of benzene rings is 1. The number of rotatable bonds is 8. The molecule has 1 aromatic rings. The van der Waals surface area contributed by atoms with E-state index in [0.29, 0.717) is 0 Å². The van der Waals surface area contributed by atoms with Gasteiger partial charge in [-0.1, -0.05) is 32.0 Å². The third kappa shape index (κ3) is 4.57. The van der Waals surface area contributed by atoms with Crippen molar-refractivity contribution in [1.29, 1.82) is 0 Å². The molecule has 0 heterocycles. The van der Waals surface area contributed by atoms with Crippen LogP contribution in [0.4, 0.5) is 5.69 Å². The molecular weight excluding hydrogens is 212 g/mol. The summed E-state index contributed by atoms with van der Waals surface area (Å²) in [6.45, 7) is 8.30. The predicted molar refractivity (Wildman–Crippen MR) is 72.3 cm³/mol. The molecule has 3 nitrogen and oxygen atoms in total. The molecule has 17 heavy (non-hydrogen) atoms. The number of carbonyl (C=O) groups is 1. The van der Waals surface area contributed by atoms with Crippen molar-refractivity contribution in [2.45, 2.75) is 20.3 Å². The lowest BCUT2D eigenvalue weighted by atomic mass is 10.2. The number of nitrogens with zero attached hydrogens (tertiary/aromatic N) is 2. The fraction of sp³-hybridized carbons (Fsp3) is 0.500. The zero-order chi connectivity index (χ0) is 12.5. The predicted octanol–water partition coefficient (Wildman–Crippen LogP) is 2.38. The van der Waals surface area contributed by atoms with Crippen LogP contribution in [0.3, 0.4) is 0 Å². The maximum atomic E-state index is 11.0. The highest BCUT2D eigenvalue weighted by molar-refractivity contribution is 5.74. The molecule has 0 aromatic heterocycles. The summed E-state index contributed by atoms with van der Waals surface area (Å²) in [4.78, 5) is 15.2. The Morgan fingerprint density at radius 3 is 2.24 bits per heavy atom. The van der Waals surface area contributed by atoms with Crippen LogP contribution in [0.5, 0.6) is 0 Å². The summed E-state index contributed by atoms with van der Waals surface area (Å²) in [6.07, 6.45) is 1.92. The molecule has 0 aliphatic carbocycles. The van der Waals surface area contributed by atoms with E-state index in [0.717, 1.165) is 44.7 Å². The molecule has 1 rings (SSSR count). The Balaban J connectivity index is 2.41. The number of hydrogen-bond donors (Lipinski definition) is 0. The summed E-state index contributed by atoms with van der Waals surface area (Å²) >= 11 is 0. The van der Waals surface area contributed by atoms with Crippen molar-refractivity contribution >= 4 is 12.1 Å². The van der Waals surface area contributed by atoms with Gasteiger partial charge in [-0.15, -0.1) is 0 Å². The summed E-state index contributed by atoms with van der Waals surface area (Å²) in [7, 11) is 0. The highest BCUT2D eigenvalue weighted by Crippen LogP contribution is 2.11. The van der Waals surface area contributed by atoms with Crippen LogP contribution < -0.4 is 4.90 Å². The number of hydrogen-bond acceptors (Lipinski definition) is 2. The number of para-hydroxylation sites is 1. The van der Waals surface area contributed by atoms with Crippen LogP contribution in [0.25, 0.3) is 0 Å². The van der Waals surface area contributed by atoms with E-state index in [1.807, 2.05) is 30.3 Å². The van der Waals surface area contributed by atoms with Crippen LogP contribution in [-0.2, 0) is 4.79 Å². The van der Waals surface area contributed by atoms with Crippen molar-refractivity contribution in [1.82, 2.24) is 4.90 Å². The fourth-order valence-electron chi connectivity index (χ4n) is 1.87. The molecule has 0 N–H and O–H groups in total. The van der Waals surface area contributed by atoms with Gasteiger partial charge in [0.15, 0.2) is 0 Å². The Morgan fingerprint density at radius 2 is 1.71 bits per heavy atom. The maximum Gasteiger partial charge on any atom is 0.214 e. The zero-order valence-corrected chi connectivity index (χ0v) is 10.8. The van der Waals surface area contributed by atoms with Gasteiger partial charge in [-0.25, -0.2) is 0 Å². The Kier molecular flexibility index (Phi) is 6.33. The van der Waals surface area contributed by atoms with Crippen molar-refractivity contribution in [3.05, 3.63) is 30.3 Å². The van der Waals surface area contributed by atoms with Crippen LogP contribution in [0, 0.1) is 0 Å². The first-order chi connectivity index (χ1) is 8.31. The van der Waals surface area contributed by atoms with Crippen molar-refractivity contribution < 1.29 is 4.79 Å². The summed E-state index contributed by atoms with van der Waals surface area (Å²) < 4.78 is 0. The molecule has 3 heteroatoms. The van der Waals surface area contributed by atoms with Crippen LogP contribution >= 0.6 is 0 Å². The molecule has 0 spiro atoms. The van der Waals surface area contributed by atoms with E-state index in [2.05, 4.69) is 18.7 Å². The Morgan fingerprint density at radius 1 is 1.06 bits per heavy atom. The van der Waals surface area contributed by atoms with E-state index in [1.165, 1.54) is 0 Å². The first-order valence-corrected chi connectivity index (χ1v) is 6.31. The minimum Gasteiger partial charge on any atom is -0.315 e. The minimum absolute atomic E-state index is 0.782. The topological polar surface area (TPSA) is 23.6 Å². The summed E-state index contributed by atoms with van der Waals surface area (Å²) in [5.41, 5.74) is 0.974. The Bertz CT molecular complexity index is 309. The molecular formula is C14H22N2O. The smallest absolute Gasteiger partial charge is 0.214 e. The average Bonchev–Trinajstić information content (AvgIpc) is 2.40. The van der Waals surface area contributed by atoms with Gasteiger partial charge in [-0.3, -0.25) is 4.79 Å². The molecule has 1 amide bonds. The fourth-order valence-corrected chi connectivity index (χ4v) is 1.87. The number of amides is 1. The van der Waals surface area contributed by atoms with E-state index < -0.39 is 0 Å². The SMILES string of the molecule is CCN(CC)CCCN(C=O)c1ccccc1. The van der Waals surface area contributed by atoms with E-state index in [1.54, 1.807) is 4.90 Å². The molecule has 0 unspecified atom stereocenters. The second kappa shape index (κ2) is 7.85. The maximum absolute atomic E-state index is 11.0. The van der Waals surface area contributed by atoms with E-state index in [4.69, 9.17) is 0 Å². The monoisotopic (exact) mass is 234 g/mol. The quantitative estimate of drug-likeness (QED) is 0.645. The Labute approximate surface area is 104 Å². The third-order valence-corrected chi connectivity index (χ3v) is 2.98. The Hall–Kier alpha value is -1.35. The number of carbonyl (C=O) groups excluding carboxylic acids is 1. The van der Waals surface area contributed by atoms with Gasteiger partial charge in [0.25, 0.3) is 0 Å². The average molecular weight is 234 g/mol. The molecule has 0 saturated carbocycles. The van der Waals surface area contributed by atoms with E-state index in [-0.39, 0.29) is 0 Å². The molecule has 0 radical (unpaired) electrons. The number of anilines is 1. The summed E-state index contributed by atoms with van der Waals surface area (Å²) in [5, 5.41) is 0. The van der Waals surface area contributed by atoms with Crippen LogP contribution in [0.2, 0.25) is 0 Å². The molecule has 1 aromatic carbocycles. The lowest BCUT2D eigenvalue weighted by molar-refractivity contribution is -0.107. The van der Waals surface area contributed by atoms with E-state index >= 15 is 0 Å². The normalized spacial score (nSPS) is 10.5. The van der Waals surface area contributed by atoms with Gasteiger partial charge in [0, 0.05) is 12.2 Å². The standard InChI is InChI=1S/C14H22N2O/c1-3-15(4-2)11-8-12-16(13-17)14-9-6-5-7-10-14/h5-7,9-10,13H,3-4,8,11-12H2,1-2H3. The molecule has 0 atom stereocenters. The lowest BCUT2D eigenvalue weighted by Gasteiger charge is -2.21. The first kappa shape index (κ1) is 13.7. The zero-order valence-electron chi connectivity index (χ0n) is 10.8. The van der Waals surface area contributed by atoms with Crippen molar-refractivity contribution in [3.8, 4) is 0 Å². The van der Waals surface area contributed by atoms with Gasteiger partial charge in [-0.2, -0.15) is 0 Å². The summed E-state index contributed by atoms with van der Waals surface area (Å²) in [6, 6.07) is 9.80. The van der Waals surface area contributed by atoms with Crippen molar-refractivity contribution in [3.63, 3.8) is 0 Å². The van der Waals surface area contributed by atoms with Gasteiger partial charge < -0.3 is 9.80 Å². The summed E-state index contributed by atoms with van der Waals surface area (Å²) in [5.74, 6) is 0.